The predicted molar refractivity (Wildman–Crippen MR) is 44.6 cm³/mol. The predicted octanol–water partition coefficient (Wildman–Crippen LogP) is 0.610. The van der Waals surface area contributed by atoms with Gasteiger partial charge in [0.05, 0.1) is 0 Å². The number of nitrogens with one attached hydrogen (secondary N) is 1. The summed E-state index contributed by atoms with van der Waals surface area (Å²) in [6.07, 6.45) is 3.33. The summed E-state index contributed by atoms with van der Waals surface area (Å²) in [5.41, 5.74) is 6.33. The lowest BCUT2D eigenvalue weighted by Gasteiger charge is -1.97. The van der Waals surface area contributed by atoms with E-state index in [0.717, 1.165) is 5.70 Å². The lowest BCUT2D eigenvalue weighted by molar-refractivity contribution is 1.07. The monoisotopic (exact) mass is 139 g/mol. The number of amidine groups is 1. The number of nitrogens with zero attached hydrogens (tertiary/aromatic N) is 1. The third-order valence-electron chi connectivity index (χ3n) is 0.952. The van der Waals surface area contributed by atoms with Gasteiger partial charge in [0.15, 0.2) is 0 Å². The Morgan fingerprint density at radius 2 is 2.30 bits per heavy atom. The number of hydrogen-bond acceptors (Lipinski definition) is 2. The van der Waals surface area contributed by atoms with Gasteiger partial charge >= 0.3 is 0 Å². The van der Waals surface area contributed by atoms with Gasteiger partial charge in [0.25, 0.3) is 0 Å². The van der Waals surface area contributed by atoms with Crippen molar-refractivity contribution in [1.29, 1.82) is 0 Å². The molecule has 3 heteroatoms. The zero-order valence-electron chi connectivity index (χ0n) is 6.39. The van der Waals surface area contributed by atoms with Crippen LogP contribution in [-0.2, 0) is 0 Å². The highest BCUT2D eigenvalue weighted by Crippen LogP contribution is 1.84. The molecule has 0 saturated carbocycles. The van der Waals surface area contributed by atoms with Crippen LogP contribution < -0.4 is 11.1 Å². The van der Waals surface area contributed by atoms with E-state index in [1.165, 1.54) is 0 Å². The van der Waals surface area contributed by atoms with E-state index in [2.05, 4.69) is 16.9 Å². The van der Waals surface area contributed by atoms with Crippen LogP contribution in [0, 0.1) is 0 Å². The van der Waals surface area contributed by atoms with Gasteiger partial charge in [-0.05, 0) is 19.2 Å². The Labute approximate surface area is 61.3 Å². The van der Waals surface area contributed by atoms with Crippen molar-refractivity contribution in [3.63, 3.8) is 0 Å². The highest BCUT2D eigenvalue weighted by atomic mass is 14.9. The van der Waals surface area contributed by atoms with Crippen LogP contribution >= 0.6 is 0 Å². The summed E-state index contributed by atoms with van der Waals surface area (Å²) in [7, 11) is 1.65. The molecule has 0 heterocycles. The lowest BCUT2D eigenvalue weighted by atomic mass is 10.4. The Kier molecular flexibility index (Phi) is 4.04. The van der Waals surface area contributed by atoms with Crippen molar-refractivity contribution in [3.8, 4) is 0 Å². The van der Waals surface area contributed by atoms with Crippen molar-refractivity contribution in [2.75, 3.05) is 7.05 Å². The van der Waals surface area contributed by atoms with E-state index in [9.17, 15) is 0 Å². The molecule has 3 N–H and O–H groups in total. The Hall–Kier alpha value is -1.25. The van der Waals surface area contributed by atoms with Crippen LogP contribution in [-0.4, -0.2) is 12.9 Å². The van der Waals surface area contributed by atoms with E-state index in [-0.39, 0.29) is 0 Å². The molecule has 0 aliphatic rings. The zero-order chi connectivity index (χ0) is 7.98. The van der Waals surface area contributed by atoms with E-state index in [1.54, 1.807) is 19.3 Å². The molecule has 0 radical (unpaired) electrons. The number of rotatable bonds is 3. The van der Waals surface area contributed by atoms with Gasteiger partial charge in [0.1, 0.15) is 5.84 Å². The summed E-state index contributed by atoms with van der Waals surface area (Å²) in [5, 5.41) is 2.87. The van der Waals surface area contributed by atoms with Gasteiger partial charge in [-0.3, -0.25) is 4.99 Å². The van der Waals surface area contributed by atoms with E-state index in [4.69, 9.17) is 5.73 Å². The molecule has 0 atom stereocenters. The molecule has 0 saturated heterocycles. The first-order valence-electron chi connectivity index (χ1n) is 2.98. The maximum atomic E-state index is 5.40. The van der Waals surface area contributed by atoms with Crippen LogP contribution in [0.1, 0.15) is 6.92 Å². The fourth-order valence-corrected chi connectivity index (χ4v) is 0.489. The summed E-state index contributed by atoms with van der Waals surface area (Å²) in [4.78, 5) is 3.75. The molecule has 56 valence electrons. The van der Waals surface area contributed by atoms with Crippen LogP contribution in [0.5, 0.6) is 0 Å². The van der Waals surface area contributed by atoms with Crippen molar-refractivity contribution in [2.24, 2.45) is 10.7 Å². The summed E-state index contributed by atoms with van der Waals surface area (Å²) >= 11 is 0. The normalized spacial score (nSPS) is 13.0. The van der Waals surface area contributed by atoms with Gasteiger partial charge in [-0.15, -0.1) is 0 Å². The minimum absolute atomic E-state index is 0.506. The SMILES string of the molecule is C=CN/C(C)=C\C(N)=N/C. The maximum absolute atomic E-state index is 5.40. The molecule has 0 aliphatic carbocycles. The molecule has 0 aliphatic heterocycles. The molecule has 0 aromatic rings. The Morgan fingerprint density at radius 1 is 1.70 bits per heavy atom. The average Bonchev–Trinajstić information content (AvgIpc) is 1.88. The molecule has 0 fully saturated rings. The first-order chi connectivity index (χ1) is 4.70. The van der Waals surface area contributed by atoms with Gasteiger partial charge in [-0.2, -0.15) is 0 Å². The number of hydrogen-bond donors (Lipinski definition) is 2. The molecular weight excluding hydrogens is 126 g/mol. The first kappa shape index (κ1) is 8.75. The smallest absolute Gasteiger partial charge is 0.119 e. The van der Waals surface area contributed by atoms with Crippen molar-refractivity contribution < 1.29 is 0 Å². The zero-order valence-corrected chi connectivity index (χ0v) is 6.39. The molecule has 10 heavy (non-hydrogen) atoms. The summed E-state index contributed by atoms with van der Waals surface area (Å²) in [5.74, 6) is 0.506. The fourth-order valence-electron chi connectivity index (χ4n) is 0.489. The standard InChI is InChI=1S/C7H13N3/c1-4-10-6(2)5-7(8)9-3/h4-5,10H,1H2,2-3H3,(H2,8,9)/b6-5-. The topological polar surface area (TPSA) is 50.4 Å². The highest BCUT2D eigenvalue weighted by molar-refractivity contribution is 5.91. The van der Waals surface area contributed by atoms with Gasteiger partial charge in [0, 0.05) is 12.7 Å². The second-order valence-electron chi connectivity index (χ2n) is 1.82. The first-order valence-corrected chi connectivity index (χ1v) is 2.98. The van der Waals surface area contributed by atoms with Crippen LogP contribution in [0.3, 0.4) is 0 Å². The van der Waals surface area contributed by atoms with E-state index >= 15 is 0 Å². The lowest BCUT2D eigenvalue weighted by Crippen LogP contribution is -2.11. The van der Waals surface area contributed by atoms with Crippen molar-refractivity contribution >= 4 is 5.84 Å². The minimum Gasteiger partial charge on any atom is -0.384 e. The third-order valence-corrected chi connectivity index (χ3v) is 0.952. The molecule has 0 bridgehead atoms. The molecule has 0 aromatic carbocycles. The van der Waals surface area contributed by atoms with Crippen LogP contribution in [0.25, 0.3) is 0 Å². The van der Waals surface area contributed by atoms with Gasteiger partial charge in [-0.25, -0.2) is 0 Å². The fraction of sp³-hybridized carbons (Fsp3) is 0.286. The van der Waals surface area contributed by atoms with E-state index in [0.29, 0.717) is 5.84 Å². The average molecular weight is 139 g/mol. The number of aliphatic imine (C=N–C) groups is 1. The van der Waals surface area contributed by atoms with Crippen LogP contribution in [0.4, 0.5) is 0 Å². The molecule has 0 spiro atoms. The second kappa shape index (κ2) is 4.61. The van der Waals surface area contributed by atoms with Gasteiger partial charge in [0.2, 0.25) is 0 Å². The number of nitrogens with two attached hydrogens (primary N) is 1. The summed E-state index contributed by atoms with van der Waals surface area (Å²) < 4.78 is 0. The van der Waals surface area contributed by atoms with Crippen molar-refractivity contribution in [1.82, 2.24) is 5.32 Å². The van der Waals surface area contributed by atoms with Crippen LogP contribution in [0.2, 0.25) is 0 Å². The molecule has 3 nitrogen and oxygen atoms in total. The molecule has 0 aromatic heterocycles. The highest BCUT2D eigenvalue weighted by Gasteiger charge is 1.84. The number of allylic oxidation sites excluding steroid dienone is 1. The summed E-state index contributed by atoms with van der Waals surface area (Å²) in [6, 6.07) is 0. The Bertz CT molecular complexity index is 168. The minimum atomic E-state index is 0.506. The quantitative estimate of drug-likeness (QED) is 0.444. The van der Waals surface area contributed by atoms with E-state index in [1.807, 2.05) is 6.92 Å². The van der Waals surface area contributed by atoms with Crippen LogP contribution in [0.15, 0.2) is 29.5 Å². The molecule has 0 unspecified atom stereocenters. The van der Waals surface area contributed by atoms with E-state index < -0.39 is 0 Å². The third kappa shape index (κ3) is 3.72. The maximum Gasteiger partial charge on any atom is 0.119 e. The molecule has 0 amide bonds. The molecular formula is C7H13N3. The summed E-state index contributed by atoms with van der Waals surface area (Å²) in [6.45, 7) is 5.39. The van der Waals surface area contributed by atoms with Gasteiger partial charge in [-0.1, -0.05) is 6.58 Å². The van der Waals surface area contributed by atoms with Gasteiger partial charge < -0.3 is 11.1 Å². The Balaban J connectivity index is 4.02. The second-order valence-corrected chi connectivity index (χ2v) is 1.82. The molecule has 0 rings (SSSR count). The largest absolute Gasteiger partial charge is 0.384 e. The Morgan fingerprint density at radius 3 is 2.70 bits per heavy atom. The van der Waals surface area contributed by atoms with Crippen molar-refractivity contribution in [3.05, 3.63) is 24.6 Å². The van der Waals surface area contributed by atoms with Crippen molar-refractivity contribution in [2.45, 2.75) is 6.92 Å².